The largest absolute Gasteiger partial charge is 0.497 e. The number of pyridine rings is 1. The Balaban J connectivity index is 1.66. The molecule has 0 aliphatic rings. The Morgan fingerprint density at radius 3 is 2.62 bits per heavy atom. The van der Waals surface area contributed by atoms with Crippen LogP contribution in [0.15, 0.2) is 65.8 Å². The lowest BCUT2D eigenvalue weighted by Crippen LogP contribution is -2.38. The molecule has 0 amide bonds. The Bertz CT molecular complexity index is 885. The monoisotopic (exact) mass is 348 g/mol. The second-order valence-electron chi connectivity index (χ2n) is 6.08. The molecule has 0 bridgehead atoms. The first-order chi connectivity index (χ1) is 12.7. The van der Waals surface area contributed by atoms with Crippen LogP contribution in [0.2, 0.25) is 0 Å². The van der Waals surface area contributed by atoms with E-state index in [0.29, 0.717) is 6.54 Å². The van der Waals surface area contributed by atoms with Crippen LogP contribution in [0.1, 0.15) is 11.3 Å². The lowest BCUT2D eigenvalue weighted by molar-refractivity contribution is 0.414. The fraction of sp³-hybridized carbons (Fsp3) is 0.238. The molecule has 134 valence electrons. The van der Waals surface area contributed by atoms with Gasteiger partial charge in [0.15, 0.2) is 5.96 Å². The maximum atomic E-state index is 5.21. The molecular formula is C21H24N4O. The highest BCUT2D eigenvalue weighted by Crippen LogP contribution is 2.16. The minimum atomic E-state index is 0.626. The number of hydrogen-bond donors (Lipinski definition) is 1. The summed E-state index contributed by atoms with van der Waals surface area (Å²) >= 11 is 0. The van der Waals surface area contributed by atoms with Gasteiger partial charge in [0.25, 0.3) is 0 Å². The predicted molar refractivity (Wildman–Crippen MR) is 106 cm³/mol. The number of methoxy groups -OCH3 is 1. The molecule has 1 heterocycles. The molecule has 1 aromatic heterocycles. The summed E-state index contributed by atoms with van der Waals surface area (Å²) in [4.78, 5) is 11.0. The van der Waals surface area contributed by atoms with Gasteiger partial charge in [-0.15, -0.1) is 0 Å². The van der Waals surface area contributed by atoms with Gasteiger partial charge in [-0.3, -0.25) is 9.98 Å². The Morgan fingerprint density at radius 1 is 1.12 bits per heavy atom. The molecule has 0 saturated carbocycles. The molecule has 0 spiro atoms. The number of fused-ring (bicyclic) bond motifs is 1. The highest BCUT2D eigenvalue weighted by Gasteiger charge is 2.08. The number of guanidine groups is 1. The summed E-state index contributed by atoms with van der Waals surface area (Å²) in [6.45, 7) is 1.38. The highest BCUT2D eigenvalue weighted by atomic mass is 16.5. The van der Waals surface area contributed by atoms with Gasteiger partial charge in [-0.25, -0.2) is 0 Å². The van der Waals surface area contributed by atoms with Gasteiger partial charge in [0.2, 0.25) is 0 Å². The van der Waals surface area contributed by atoms with Crippen LogP contribution in [0, 0.1) is 0 Å². The third kappa shape index (κ3) is 4.11. The van der Waals surface area contributed by atoms with Gasteiger partial charge in [0.1, 0.15) is 5.75 Å². The van der Waals surface area contributed by atoms with E-state index in [4.69, 9.17) is 4.74 Å². The van der Waals surface area contributed by atoms with Crippen LogP contribution in [0.25, 0.3) is 10.8 Å². The van der Waals surface area contributed by atoms with Crippen LogP contribution >= 0.6 is 0 Å². The number of aliphatic imine (C=N–C) groups is 1. The smallest absolute Gasteiger partial charge is 0.194 e. The van der Waals surface area contributed by atoms with Crippen molar-refractivity contribution in [3.63, 3.8) is 0 Å². The molecular weight excluding hydrogens is 324 g/mol. The van der Waals surface area contributed by atoms with E-state index in [9.17, 15) is 0 Å². The number of benzene rings is 2. The first kappa shape index (κ1) is 17.7. The summed E-state index contributed by atoms with van der Waals surface area (Å²) in [6, 6.07) is 18.4. The van der Waals surface area contributed by atoms with E-state index in [2.05, 4.69) is 44.5 Å². The molecule has 26 heavy (non-hydrogen) atoms. The average Bonchev–Trinajstić information content (AvgIpc) is 2.69. The molecule has 3 rings (SSSR count). The standard InChI is InChI=1S/C21H24N4O/c1-22-21(25(2)15-16-8-10-18(26-3)11-9-16)24-14-20-19-7-5-4-6-17(19)12-13-23-20/h4-13H,14-15H2,1-3H3,(H,22,24). The summed E-state index contributed by atoms with van der Waals surface area (Å²) in [6.07, 6.45) is 1.85. The van der Waals surface area contributed by atoms with Crippen molar-refractivity contribution in [2.45, 2.75) is 13.1 Å². The lowest BCUT2D eigenvalue weighted by Gasteiger charge is -2.22. The molecule has 0 saturated heterocycles. The van der Waals surface area contributed by atoms with E-state index in [1.54, 1.807) is 14.2 Å². The van der Waals surface area contributed by atoms with Gasteiger partial charge >= 0.3 is 0 Å². The Hall–Kier alpha value is -3.08. The number of nitrogens with one attached hydrogen (secondary N) is 1. The summed E-state index contributed by atoms with van der Waals surface area (Å²) in [5, 5.41) is 5.77. The van der Waals surface area contributed by atoms with Crippen molar-refractivity contribution < 1.29 is 4.74 Å². The Morgan fingerprint density at radius 2 is 1.88 bits per heavy atom. The summed E-state index contributed by atoms with van der Waals surface area (Å²) in [5.41, 5.74) is 2.21. The Labute approximate surface area is 154 Å². The minimum Gasteiger partial charge on any atom is -0.497 e. The van der Waals surface area contributed by atoms with Crippen LogP contribution in [0.5, 0.6) is 5.75 Å². The fourth-order valence-corrected chi connectivity index (χ4v) is 2.95. The zero-order valence-electron chi connectivity index (χ0n) is 15.4. The van der Waals surface area contributed by atoms with Crippen LogP contribution in [-0.2, 0) is 13.1 Å². The number of aromatic nitrogens is 1. The summed E-state index contributed by atoms with van der Waals surface area (Å²) < 4.78 is 5.21. The molecule has 5 heteroatoms. The van der Waals surface area contributed by atoms with Crippen LogP contribution in [0.3, 0.4) is 0 Å². The SMILES string of the molecule is CN=C(NCc1nccc2ccccc12)N(C)Cc1ccc(OC)cc1. The number of nitrogens with zero attached hydrogens (tertiary/aromatic N) is 3. The molecule has 2 aromatic carbocycles. The number of hydrogen-bond acceptors (Lipinski definition) is 3. The molecule has 3 aromatic rings. The molecule has 0 unspecified atom stereocenters. The first-order valence-corrected chi connectivity index (χ1v) is 8.58. The van der Waals surface area contributed by atoms with Crippen molar-refractivity contribution >= 4 is 16.7 Å². The maximum absolute atomic E-state index is 5.21. The molecule has 0 aliphatic carbocycles. The molecule has 0 fully saturated rings. The fourth-order valence-electron chi connectivity index (χ4n) is 2.95. The minimum absolute atomic E-state index is 0.626. The topological polar surface area (TPSA) is 49.8 Å². The summed E-state index contributed by atoms with van der Waals surface area (Å²) in [5.74, 6) is 1.69. The normalized spacial score (nSPS) is 11.4. The number of rotatable bonds is 5. The molecule has 5 nitrogen and oxygen atoms in total. The van der Waals surface area contributed by atoms with Gasteiger partial charge in [0, 0.05) is 32.2 Å². The van der Waals surface area contributed by atoms with E-state index in [1.165, 1.54) is 10.9 Å². The van der Waals surface area contributed by atoms with E-state index < -0.39 is 0 Å². The van der Waals surface area contributed by atoms with Gasteiger partial charge in [-0.2, -0.15) is 0 Å². The van der Waals surface area contributed by atoms with Crippen molar-refractivity contribution in [3.8, 4) is 5.75 Å². The summed E-state index contributed by atoms with van der Waals surface area (Å²) in [7, 11) is 5.49. The molecule has 1 N–H and O–H groups in total. The molecule has 0 radical (unpaired) electrons. The van der Waals surface area contributed by atoms with Crippen molar-refractivity contribution in [3.05, 3.63) is 72.1 Å². The first-order valence-electron chi connectivity index (χ1n) is 8.58. The second-order valence-corrected chi connectivity index (χ2v) is 6.08. The van der Waals surface area contributed by atoms with Gasteiger partial charge < -0.3 is 15.0 Å². The maximum Gasteiger partial charge on any atom is 0.194 e. The van der Waals surface area contributed by atoms with E-state index in [-0.39, 0.29) is 0 Å². The Kier molecular flexibility index (Phi) is 5.69. The van der Waals surface area contributed by atoms with Crippen LogP contribution in [0.4, 0.5) is 0 Å². The van der Waals surface area contributed by atoms with Crippen molar-refractivity contribution in [2.24, 2.45) is 4.99 Å². The van der Waals surface area contributed by atoms with E-state index >= 15 is 0 Å². The quantitative estimate of drug-likeness (QED) is 0.567. The zero-order valence-corrected chi connectivity index (χ0v) is 15.4. The third-order valence-electron chi connectivity index (χ3n) is 4.32. The van der Waals surface area contributed by atoms with Crippen molar-refractivity contribution in [1.82, 2.24) is 15.2 Å². The number of ether oxygens (including phenoxy) is 1. The second kappa shape index (κ2) is 8.34. The van der Waals surface area contributed by atoms with Crippen LogP contribution < -0.4 is 10.1 Å². The van der Waals surface area contributed by atoms with Gasteiger partial charge in [-0.05, 0) is 29.1 Å². The van der Waals surface area contributed by atoms with Gasteiger partial charge in [0.05, 0.1) is 19.3 Å². The third-order valence-corrected chi connectivity index (χ3v) is 4.32. The van der Waals surface area contributed by atoms with Crippen molar-refractivity contribution in [1.29, 1.82) is 0 Å². The van der Waals surface area contributed by atoms with Gasteiger partial charge in [-0.1, -0.05) is 36.4 Å². The van der Waals surface area contributed by atoms with Crippen molar-refractivity contribution in [2.75, 3.05) is 21.2 Å². The van der Waals surface area contributed by atoms with Crippen LogP contribution in [-0.4, -0.2) is 37.0 Å². The van der Waals surface area contributed by atoms with E-state index in [1.807, 2.05) is 43.6 Å². The molecule has 0 atom stereocenters. The predicted octanol–water partition coefficient (Wildman–Crippen LogP) is 3.45. The molecule has 0 aliphatic heterocycles. The zero-order chi connectivity index (χ0) is 18.4. The lowest BCUT2D eigenvalue weighted by atomic mass is 10.1. The highest BCUT2D eigenvalue weighted by molar-refractivity contribution is 5.85. The van der Waals surface area contributed by atoms with E-state index in [0.717, 1.165) is 29.3 Å². The average molecular weight is 348 g/mol.